The van der Waals surface area contributed by atoms with Crippen LogP contribution in [0.5, 0.6) is 5.75 Å². The van der Waals surface area contributed by atoms with Crippen LogP contribution in [0.3, 0.4) is 0 Å². The smallest absolute Gasteiger partial charge is 0.407 e. The highest BCUT2D eigenvalue weighted by Crippen LogP contribution is 2.22. The van der Waals surface area contributed by atoms with Crippen molar-refractivity contribution in [3.8, 4) is 11.8 Å². The number of nitrogens with zero attached hydrogens (tertiary/aromatic N) is 1. The van der Waals surface area contributed by atoms with E-state index in [0.717, 1.165) is 16.7 Å². The number of hydrogen-bond acceptors (Lipinski definition) is 4. The molecule has 0 bridgehead atoms. The maximum Gasteiger partial charge on any atom is 0.407 e. The van der Waals surface area contributed by atoms with Gasteiger partial charge in [-0.25, -0.2) is 4.79 Å². The Morgan fingerprint density at radius 1 is 0.935 bits per heavy atom. The minimum absolute atomic E-state index is 0.250. The Hall–Kier alpha value is -4.04. The van der Waals surface area contributed by atoms with E-state index in [4.69, 9.17) is 9.47 Å². The molecule has 0 radical (unpaired) electrons. The van der Waals surface area contributed by atoms with Gasteiger partial charge in [-0.15, -0.1) is 0 Å². The van der Waals surface area contributed by atoms with Crippen LogP contribution in [0.15, 0.2) is 84.9 Å². The van der Waals surface area contributed by atoms with Crippen molar-refractivity contribution in [1.29, 1.82) is 5.26 Å². The summed E-state index contributed by atoms with van der Waals surface area (Å²) < 4.78 is 11.0. The van der Waals surface area contributed by atoms with E-state index in [1.165, 1.54) is 0 Å². The lowest BCUT2D eigenvalue weighted by Crippen LogP contribution is -2.24. The Bertz CT molecular complexity index is 1040. The summed E-state index contributed by atoms with van der Waals surface area (Å²) in [4.78, 5) is 11.7. The van der Waals surface area contributed by atoms with Crippen molar-refractivity contribution >= 4 is 12.2 Å². The lowest BCUT2D eigenvalue weighted by Gasteiger charge is -2.09. The average molecular weight is 412 g/mol. The van der Waals surface area contributed by atoms with E-state index < -0.39 is 6.09 Å². The largest absolute Gasteiger partial charge is 0.488 e. The van der Waals surface area contributed by atoms with E-state index in [9.17, 15) is 10.1 Å². The summed E-state index contributed by atoms with van der Waals surface area (Å²) in [6.45, 7) is 1.12. The summed E-state index contributed by atoms with van der Waals surface area (Å²) >= 11 is 0. The normalized spacial score (nSPS) is 10.4. The first-order valence-corrected chi connectivity index (χ1v) is 10.1. The Kier molecular flexibility index (Phi) is 8.27. The number of carbonyl (C=O) groups is 1. The molecule has 5 nitrogen and oxygen atoms in total. The van der Waals surface area contributed by atoms with E-state index in [2.05, 4.69) is 11.4 Å². The molecule has 1 N–H and O–H groups in total. The van der Waals surface area contributed by atoms with Crippen LogP contribution >= 0.6 is 0 Å². The molecule has 0 atom stereocenters. The van der Waals surface area contributed by atoms with Crippen LogP contribution in [0.4, 0.5) is 4.79 Å². The topological polar surface area (TPSA) is 71.4 Å². The number of rotatable bonds is 9. The summed E-state index contributed by atoms with van der Waals surface area (Å²) in [7, 11) is 0. The van der Waals surface area contributed by atoms with Gasteiger partial charge in [-0.2, -0.15) is 5.26 Å². The number of amides is 1. The predicted octanol–water partition coefficient (Wildman–Crippen LogP) is 5.47. The Labute approximate surface area is 182 Å². The summed E-state index contributed by atoms with van der Waals surface area (Å²) in [5, 5.41) is 12.0. The van der Waals surface area contributed by atoms with Gasteiger partial charge in [0, 0.05) is 6.54 Å². The number of carbonyl (C=O) groups excluding carboxylic acids is 1. The van der Waals surface area contributed by atoms with Crippen molar-refractivity contribution in [1.82, 2.24) is 5.32 Å². The van der Waals surface area contributed by atoms with Gasteiger partial charge in [0.2, 0.25) is 0 Å². The van der Waals surface area contributed by atoms with Crippen LogP contribution in [0.25, 0.3) is 6.08 Å². The molecule has 0 saturated carbocycles. The van der Waals surface area contributed by atoms with Crippen molar-refractivity contribution in [2.45, 2.75) is 19.6 Å². The van der Waals surface area contributed by atoms with Crippen LogP contribution in [0, 0.1) is 11.3 Å². The van der Waals surface area contributed by atoms with E-state index in [-0.39, 0.29) is 6.61 Å². The predicted molar refractivity (Wildman–Crippen MR) is 120 cm³/mol. The van der Waals surface area contributed by atoms with Crippen LogP contribution in [-0.4, -0.2) is 12.6 Å². The standard InChI is InChI=1S/C26H24N2O3/c27-18-24-15-14-21(17-25(24)30-19-22-10-3-1-4-11-22)9-7-8-16-28-26(29)31-20-23-12-5-2-6-13-23/h1-7,9-15,17H,8,16,19-20H2,(H,28,29). The maximum atomic E-state index is 11.7. The summed E-state index contributed by atoms with van der Waals surface area (Å²) in [6.07, 6.45) is 4.11. The molecule has 0 saturated heterocycles. The average Bonchev–Trinajstić information content (AvgIpc) is 2.82. The molecule has 0 aliphatic carbocycles. The van der Waals surface area contributed by atoms with Crippen molar-refractivity contribution in [2.24, 2.45) is 0 Å². The third-order valence-electron chi connectivity index (χ3n) is 4.47. The third-order valence-corrected chi connectivity index (χ3v) is 4.47. The number of benzene rings is 3. The molecular formula is C26H24N2O3. The summed E-state index contributed by atoms with van der Waals surface area (Å²) in [5.74, 6) is 0.552. The Balaban J connectivity index is 1.44. The first kappa shape index (κ1) is 21.7. The lowest BCUT2D eigenvalue weighted by molar-refractivity contribution is 0.140. The molecule has 3 rings (SSSR count). The summed E-state index contributed by atoms with van der Waals surface area (Å²) in [5.41, 5.74) is 3.41. The highest BCUT2D eigenvalue weighted by Gasteiger charge is 2.05. The molecule has 0 aliphatic rings. The SMILES string of the molecule is N#Cc1ccc(C=CCCNC(=O)OCc2ccccc2)cc1OCc1ccccc1. The van der Waals surface area contributed by atoms with Gasteiger partial charge in [-0.05, 0) is 35.2 Å². The molecular weight excluding hydrogens is 388 g/mol. The molecule has 0 heterocycles. The van der Waals surface area contributed by atoms with Crippen LogP contribution in [0.1, 0.15) is 28.7 Å². The zero-order chi connectivity index (χ0) is 21.7. The molecule has 0 aromatic heterocycles. The van der Waals surface area contributed by atoms with Crippen molar-refractivity contribution in [2.75, 3.05) is 6.54 Å². The minimum Gasteiger partial charge on any atom is -0.488 e. The fourth-order valence-corrected chi connectivity index (χ4v) is 2.84. The molecule has 156 valence electrons. The molecule has 1 amide bonds. The third kappa shape index (κ3) is 7.37. The van der Waals surface area contributed by atoms with Crippen LogP contribution < -0.4 is 10.1 Å². The van der Waals surface area contributed by atoms with Gasteiger partial charge in [0.1, 0.15) is 25.0 Å². The Morgan fingerprint density at radius 3 is 2.29 bits per heavy atom. The molecule has 0 fully saturated rings. The van der Waals surface area contributed by atoms with Crippen molar-refractivity contribution in [3.63, 3.8) is 0 Å². The van der Waals surface area contributed by atoms with Crippen molar-refractivity contribution < 1.29 is 14.3 Å². The second-order valence-corrected chi connectivity index (χ2v) is 6.82. The first-order valence-electron chi connectivity index (χ1n) is 10.1. The quantitative estimate of drug-likeness (QED) is 0.473. The van der Waals surface area contributed by atoms with Gasteiger partial charge < -0.3 is 14.8 Å². The molecule has 31 heavy (non-hydrogen) atoms. The van der Waals surface area contributed by atoms with Crippen molar-refractivity contribution in [3.05, 3.63) is 107 Å². The maximum absolute atomic E-state index is 11.7. The highest BCUT2D eigenvalue weighted by molar-refractivity contribution is 5.67. The molecule has 0 aliphatic heterocycles. The Morgan fingerprint density at radius 2 is 1.61 bits per heavy atom. The lowest BCUT2D eigenvalue weighted by atomic mass is 10.1. The van der Waals surface area contributed by atoms with Gasteiger partial charge in [-0.3, -0.25) is 0 Å². The summed E-state index contributed by atoms with van der Waals surface area (Å²) in [6, 6.07) is 27.0. The van der Waals surface area contributed by atoms with Gasteiger partial charge in [0.05, 0.1) is 5.56 Å². The number of nitrogens with one attached hydrogen (secondary N) is 1. The van der Waals surface area contributed by atoms with Gasteiger partial charge in [0.15, 0.2) is 0 Å². The minimum atomic E-state index is -0.438. The van der Waals surface area contributed by atoms with E-state index in [1.54, 1.807) is 6.07 Å². The van der Waals surface area contributed by atoms with E-state index >= 15 is 0 Å². The molecule has 0 spiro atoms. The highest BCUT2D eigenvalue weighted by atomic mass is 16.5. The van der Waals surface area contributed by atoms with Gasteiger partial charge in [0.25, 0.3) is 0 Å². The fraction of sp³-hybridized carbons (Fsp3) is 0.154. The van der Waals surface area contributed by atoms with E-state index in [0.29, 0.717) is 30.9 Å². The number of ether oxygens (including phenoxy) is 2. The number of nitriles is 1. The molecule has 3 aromatic carbocycles. The van der Waals surface area contributed by atoms with Gasteiger partial charge in [-0.1, -0.05) is 78.9 Å². The van der Waals surface area contributed by atoms with Crippen LogP contribution in [-0.2, 0) is 18.0 Å². The second-order valence-electron chi connectivity index (χ2n) is 6.82. The van der Waals surface area contributed by atoms with E-state index in [1.807, 2.05) is 84.9 Å². The number of hydrogen-bond donors (Lipinski definition) is 1. The van der Waals surface area contributed by atoms with Gasteiger partial charge >= 0.3 is 6.09 Å². The zero-order valence-corrected chi connectivity index (χ0v) is 17.2. The number of alkyl carbamates (subject to hydrolysis) is 1. The molecule has 5 heteroatoms. The van der Waals surface area contributed by atoms with Crippen LogP contribution in [0.2, 0.25) is 0 Å². The molecule has 0 unspecified atom stereocenters. The monoisotopic (exact) mass is 412 g/mol. The first-order chi connectivity index (χ1) is 15.2. The molecule has 3 aromatic rings. The second kappa shape index (κ2) is 11.8. The zero-order valence-electron chi connectivity index (χ0n) is 17.2. The fourth-order valence-electron chi connectivity index (χ4n) is 2.84.